The summed E-state index contributed by atoms with van der Waals surface area (Å²) in [4.78, 5) is 21.4. The topological polar surface area (TPSA) is 94.8 Å². The molecule has 0 aliphatic rings. The Morgan fingerprint density at radius 2 is 1.25 bits per heavy atom. The zero-order valence-corrected chi connectivity index (χ0v) is 14.0. The number of phenols is 1. The summed E-state index contributed by atoms with van der Waals surface area (Å²) < 4.78 is 0. The monoisotopic (exact) mass is 330 g/mol. The van der Waals surface area contributed by atoms with Gasteiger partial charge in [-0.2, -0.15) is 0 Å². The van der Waals surface area contributed by atoms with Crippen molar-refractivity contribution >= 4 is 11.9 Å². The molecule has 0 aliphatic carbocycles. The van der Waals surface area contributed by atoms with Crippen molar-refractivity contribution in [3.8, 4) is 5.75 Å². The number of aromatic hydroxyl groups is 1. The van der Waals surface area contributed by atoms with Crippen LogP contribution in [0, 0.1) is 13.8 Å². The lowest BCUT2D eigenvalue weighted by Crippen LogP contribution is -2.06. The molecule has 3 N–H and O–H groups in total. The number of carboxylic acids is 2. The number of hydrogen-bond donors (Lipinski definition) is 3. The lowest BCUT2D eigenvalue weighted by atomic mass is 9.98. The summed E-state index contributed by atoms with van der Waals surface area (Å²) in [7, 11) is 0. The first kappa shape index (κ1) is 19.2. The minimum atomic E-state index is -1.04. The van der Waals surface area contributed by atoms with Crippen LogP contribution in [0.4, 0.5) is 0 Å². The van der Waals surface area contributed by atoms with Gasteiger partial charge in [-0.05, 0) is 61.2 Å². The normalized spacial score (nSPS) is 9.79. The Bertz CT molecular complexity index is 678. The fraction of sp³-hybridized carbons (Fsp3) is 0.263. The Kier molecular flexibility index (Phi) is 6.98. The minimum Gasteiger partial charge on any atom is -0.508 e. The smallest absolute Gasteiger partial charge is 0.335 e. The second kappa shape index (κ2) is 8.72. The SMILES string of the molecule is CCCc1ccc(O)cc1.Cc1c(C(=O)O)ccc(C(=O)O)c1C. The van der Waals surface area contributed by atoms with Crippen LogP contribution in [0.3, 0.4) is 0 Å². The molecule has 2 aromatic rings. The van der Waals surface area contributed by atoms with Crippen molar-refractivity contribution in [3.63, 3.8) is 0 Å². The molecule has 0 saturated carbocycles. The maximum Gasteiger partial charge on any atom is 0.335 e. The molecule has 0 amide bonds. The van der Waals surface area contributed by atoms with Gasteiger partial charge in [0.25, 0.3) is 0 Å². The van der Waals surface area contributed by atoms with Crippen molar-refractivity contribution in [2.75, 3.05) is 0 Å². The average molecular weight is 330 g/mol. The molecule has 0 aromatic heterocycles. The van der Waals surface area contributed by atoms with Gasteiger partial charge < -0.3 is 15.3 Å². The van der Waals surface area contributed by atoms with E-state index < -0.39 is 11.9 Å². The Morgan fingerprint density at radius 1 is 0.833 bits per heavy atom. The van der Waals surface area contributed by atoms with E-state index in [0.29, 0.717) is 16.9 Å². The third-order valence-corrected chi connectivity index (χ3v) is 3.72. The van der Waals surface area contributed by atoms with E-state index in [1.165, 1.54) is 17.7 Å². The van der Waals surface area contributed by atoms with Gasteiger partial charge >= 0.3 is 11.9 Å². The summed E-state index contributed by atoms with van der Waals surface area (Å²) in [5, 5.41) is 26.5. The number of phenolic OH excluding ortho intramolecular Hbond substituents is 1. The van der Waals surface area contributed by atoms with Gasteiger partial charge in [-0.25, -0.2) is 9.59 Å². The first-order valence-corrected chi connectivity index (χ1v) is 7.62. The van der Waals surface area contributed by atoms with Gasteiger partial charge in [0.2, 0.25) is 0 Å². The molecule has 0 fully saturated rings. The number of hydrogen-bond acceptors (Lipinski definition) is 3. The molecular weight excluding hydrogens is 308 g/mol. The summed E-state index contributed by atoms with van der Waals surface area (Å²) in [5.41, 5.74) is 2.58. The zero-order chi connectivity index (χ0) is 18.3. The third-order valence-electron chi connectivity index (χ3n) is 3.72. The third kappa shape index (κ3) is 5.12. The zero-order valence-electron chi connectivity index (χ0n) is 14.0. The molecule has 0 saturated heterocycles. The Balaban J connectivity index is 0.000000254. The van der Waals surface area contributed by atoms with Gasteiger partial charge in [0.1, 0.15) is 5.75 Å². The highest BCUT2D eigenvalue weighted by Crippen LogP contribution is 2.17. The van der Waals surface area contributed by atoms with Crippen LogP contribution >= 0.6 is 0 Å². The molecule has 24 heavy (non-hydrogen) atoms. The van der Waals surface area contributed by atoms with Crippen molar-refractivity contribution in [1.82, 2.24) is 0 Å². The molecule has 0 spiro atoms. The van der Waals surface area contributed by atoms with E-state index in [0.717, 1.165) is 12.8 Å². The fourth-order valence-corrected chi connectivity index (χ4v) is 2.24. The van der Waals surface area contributed by atoms with Crippen LogP contribution in [0.15, 0.2) is 36.4 Å². The first-order valence-electron chi connectivity index (χ1n) is 7.62. The van der Waals surface area contributed by atoms with Crippen LogP contribution in [0.2, 0.25) is 0 Å². The Labute approximate surface area is 141 Å². The highest BCUT2D eigenvalue weighted by Gasteiger charge is 2.14. The van der Waals surface area contributed by atoms with Crippen LogP contribution in [0.25, 0.3) is 0 Å². The molecular formula is C19H22O5. The summed E-state index contributed by atoms with van der Waals surface area (Å²) in [6.07, 6.45) is 2.26. The van der Waals surface area contributed by atoms with Gasteiger partial charge in [-0.3, -0.25) is 0 Å². The van der Waals surface area contributed by atoms with E-state index in [1.54, 1.807) is 26.0 Å². The van der Waals surface area contributed by atoms with Crippen LogP contribution in [-0.4, -0.2) is 27.3 Å². The Hall–Kier alpha value is -2.82. The maximum absolute atomic E-state index is 10.7. The second-order valence-corrected chi connectivity index (χ2v) is 5.44. The van der Waals surface area contributed by atoms with E-state index in [2.05, 4.69) is 6.92 Å². The van der Waals surface area contributed by atoms with Crippen LogP contribution in [-0.2, 0) is 6.42 Å². The highest BCUT2D eigenvalue weighted by atomic mass is 16.4. The van der Waals surface area contributed by atoms with E-state index in [-0.39, 0.29) is 11.1 Å². The molecule has 5 heteroatoms. The molecule has 2 rings (SSSR count). The van der Waals surface area contributed by atoms with Crippen LogP contribution < -0.4 is 0 Å². The molecule has 0 heterocycles. The van der Waals surface area contributed by atoms with Gasteiger partial charge in [0.15, 0.2) is 0 Å². The largest absolute Gasteiger partial charge is 0.508 e. The lowest BCUT2D eigenvalue weighted by molar-refractivity contribution is 0.0679. The number of benzene rings is 2. The number of carboxylic acid groups (broad SMARTS) is 2. The molecule has 0 bridgehead atoms. The van der Waals surface area contributed by atoms with E-state index >= 15 is 0 Å². The number of rotatable bonds is 4. The van der Waals surface area contributed by atoms with Crippen LogP contribution in [0.1, 0.15) is 50.8 Å². The van der Waals surface area contributed by atoms with E-state index in [1.807, 2.05) is 12.1 Å². The molecule has 0 radical (unpaired) electrons. The minimum absolute atomic E-state index is 0.146. The van der Waals surface area contributed by atoms with Crippen LogP contribution in [0.5, 0.6) is 5.75 Å². The maximum atomic E-state index is 10.7. The highest BCUT2D eigenvalue weighted by molar-refractivity contribution is 5.94. The summed E-state index contributed by atoms with van der Waals surface area (Å²) in [6.45, 7) is 5.35. The van der Waals surface area contributed by atoms with Gasteiger partial charge in [0.05, 0.1) is 11.1 Å². The van der Waals surface area contributed by atoms with Gasteiger partial charge in [-0.1, -0.05) is 25.5 Å². The summed E-state index contributed by atoms with van der Waals surface area (Å²) >= 11 is 0. The van der Waals surface area contributed by atoms with Gasteiger partial charge in [-0.15, -0.1) is 0 Å². The molecule has 128 valence electrons. The van der Waals surface area contributed by atoms with E-state index in [9.17, 15) is 9.59 Å². The van der Waals surface area contributed by atoms with Crippen molar-refractivity contribution in [1.29, 1.82) is 0 Å². The van der Waals surface area contributed by atoms with Crippen molar-refractivity contribution in [3.05, 3.63) is 64.2 Å². The molecule has 0 aliphatic heterocycles. The summed E-state index contributed by atoms with van der Waals surface area (Å²) in [6, 6.07) is 10.00. The molecule has 5 nitrogen and oxygen atoms in total. The Morgan fingerprint density at radius 3 is 1.58 bits per heavy atom. The average Bonchev–Trinajstić information content (AvgIpc) is 2.52. The fourth-order valence-electron chi connectivity index (χ4n) is 2.24. The number of carbonyl (C=O) groups is 2. The number of aryl methyl sites for hydroxylation is 1. The van der Waals surface area contributed by atoms with Crippen molar-refractivity contribution in [2.45, 2.75) is 33.6 Å². The quantitative estimate of drug-likeness (QED) is 0.786. The molecule has 0 unspecified atom stereocenters. The summed E-state index contributed by atoms with van der Waals surface area (Å²) in [5.74, 6) is -1.73. The molecule has 0 atom stereocenters. The first-order chi connectivity index (χ1) is 11.3. The van der Waals surface area contributed by atoms with Crippen molar-refractivity contribution < 1.29 is 24.9 Å². The molecule has 2 aromatic carbocycles. The van der Waals surface area contributed by atoms with E-state index in [4.69, 9.17) is 15.3 Å². The standard InChI is InChI=1S/C10H10O4.C9H12O/c1-5-6(2)8(10(13)14)4-3-7(5)9(11)12;1-2-3-8-4-6-9(10)7-5-8/h3-4H,1-2H3,(H,11,12)(H,13,14);4-7,10H,2-3H2,1H3. The predicted octanol–water partition coefficient (Wildman–Crippen LogP) is 4.04. The van der Waals surface area contributed by atoms with Crippen molar-refractivity contribution in [2.24, 2.45) is 0 Å². The van der Waals surface area contributed by atoms with Gasteiger partial charge in [0, 0.05) is 0 Å². The lowest BCUT2D eigenvalue weighted by Gasteiger charge is -2.07. The number of aromatic carboxylic acids is 2. The second-order valence-electron chi connectivity index (χ2n) is 5.44. The predicted molar refractivity (Wildman–Crippen MR) is 91.9 cm³/mol.